The van der Waals surface area contributed by atoms with E-state index in [0.717, 1.165) is 29.7 Å². The van der Waals surface area contributed by atoms with E-state index in [4.69, 9.17) is 14.2 Å². The van der Waals surface area contributed by atoms with Crippen LogP contribution in [0, 0.1) is 6.92 Å². The van der Waals surface area contributed by atoms with Gasteiger partial charge in [0.25, 0.3) is 0 Å². The van der Waals surface area contributed by atoms with Crippen molar-refractivity contribution in [3.8, 4) is 10.4 Å². The fraction of sp³-hybridized carbons (Fsp3) is 0.560. The van der Waals surface area contributed by atoms with Gasteiger partial charge >= 0.3 is 12.1 Å². The number of hydrogen-bond donors (Lipinski definition) is 1. The second-order valence-electron chi connectivity index (χ2n) is 9.02. The van der Waals surface area contributed by atoms with Crippen LogP contribution < -0.4 is 5.32 Å². The quantitative estimate of drug-likeness (QED) is 0.376. The Labute approximate surface area is 201 Å². The van der Waals surface area contributed by atoms with E-state index in [2.05, 4.69) is 17.2 Å². The summed E-state index contributed by atoms with van der Waals surface area (Å²) < 4.78 is 15.1. The predicted molar refractivity (Wildman–Crippen MR) is 132 cm³/mol. The summed E-state index contributed by atoms with van der Waals surface area (Å²) in [5.41, 5.74) is 3.79. The molecule has 1 aromatic heterocycles. The minimum Gasteiger partial charge on any atom is -0.464 e. The molecule has 0 saturated carbocycles. The Morgan fingerprint density at radius 2 is 1.73 bits per heavy atom. The van der Waals surface area contributed by atoms with Crippen molar-refractivity contribution in [3.05, 3.63) is 41.0 Å². The molecule has 0 fully saturated rings. The summed E-state index contributed by atoms with van der Waals surface area (Å²) in [5, 5.41) is 2.75. The molecule has 0 radical (unpaired) electrons. The Morgan fingerprint density at radius 1 is 1.09 bits per heavy atom. The van der Waals surface area contributed by atoms with Gasteiger partial charge in [0.2, 0.25) is 0 Å². The number of rotatable bonds is 8. The minimum atomic E-state index is -0.812. The van der Waals surface area contributed by atoms with Crippen molar-refractivity contribution >= 4 is 23.4 Å². The molecule has 0 saturated heterocycles. The topological polar surface area (TPSA) is 86.8 Å². The first-order valence-corrected chi connectivity index (χ1v) is 12.0. The van der Waals surface area contributed by atoms with Gasteiger partial charge in [0.05, 0.1) is 22.7 Å². The number of carbonyl (C=O) groups excluding carboxylic acids is 2. The van der Waals surface area contributed by atoms with Crippen LogP contribution in [0.1, 0.15) is 65.6 Å². The maximum absolute atomic E-state index is 11.6. The third kappa shape index (κ3) is 10.8. The highest BCUT2D eigenvalue weighted by molar-refractivity contribution is 7.13. The Bertz CT molecular complexity index is 870. The Kier molecular flexibility index (Phi) is 11.5. The molecular formula is C25H38N2O5S. The lowest BCUT2D eigenvalue weighted by molar-refractivity contribution is -0.165. The van der Waals surface area contributed by atoms with Gasteiger partial charge in [-0.25, -0.2) is 14.6 Å². The largest absolute Gasteiger partial charge is 0.464 e. The number of nitrogens with zero attached hydrogens (tertiary/aromatic N) is 1. The second-order valence-corrected chi connectivity index (χ2v) is 9.88. The van der Waals surface area contributed by atoms with Gasteiger partial charge in [-0.3, -0.25) is 0 Å². The molecule has 0 bridgehead atoms. The number of alkyl carbamates (subject to hydrolysis) is 1. The molecule has 0 aliphatic heterocycles. The van der Waals surface area contributed by atoms with Crippen molar-refractivity contribution in [3.63, 3.8) is 0 Å². The molecule has 1 N–H and O–H groups in total. The van der Waals surface area contributed by atoms with Gasteiger partial charge in [0, 0.05) is 13.7 Å². The number of esters is 1. The summed E-state index contributed by atoms with van der Waals surface area (Å²) in [7, 11) is 1.50. The summed E-state index contributed by atoms with van der Waals surface area (Å²) in [6.45, 7) is 13.9. The van der Waals surface area contributed by atoms with E-state index in [0.29, 0.717) is 13.2 Å². The van der Waals surface area contributed by atoms with Crippen LogP contribution in [0.25, 0.3) is 10.4 Å². The SMILES string of the molecule is CCCCOC(=O)C(C)(C)OC.Cc1ncsc1-c1ccc(CNC(=O)OC(C)(C)C)cc1. The third-order valence-electron chi connectivity index (χ3n) is 4.53. The van der Waals surface area contributed by atoms with Crippen molar-refractivity contribution in [2.45, 2.75) is 79.1 Å². The minimum absolute atomic E-state index is 0.293. The third-order valence-corrected chi connectivity index (χ3v) is 5.51. The van der Waals surface area contributed by atoms with Crippen molar-refractivity contribution in [2.24, 2.45) is 0 Å². The normalized spacial score (nSPS) is 11.3. The number of carbonyl (C=O) groups is 2. The van der Waals surface area contributed by atoms with E-state index in [1.54, 1.807) is 25.2 Å². The number of methoxy groups -OCH3 is 1. The number of nitrogens with one attached hydrogen (secondary N) is 1. The first-order valence-electron chi connectivity index (χ1n) is 11.1. The molecule has 8 heteroatoms. The standard InChI is InChI=1S/C16H20N2O2S.C9H18O3/c1-11-14(21-10-18-11)13-7-5-12(6-8-13)9-17-15(19)20-16(2,3)4;1-5-6-7-12-8(10)9(2,3)11-4/h5-8,10H,9H2,1-4H3,(H,17,19);5-7H2,1-4H3. The smallest absolute Gasteiger partial charge is 0.407 e. The first kappa shape index (κ1) is 28.6. The van der Waals surface area contributed by atoms with Gasteiger partial charge < -0.3 is 19.5 Å². The van der Waals surface area contributed by atoms with Crippen molar-refractivity contribution in [2.75, 3.05) is 13.7 Å². The number of amides is 1. The molecule has 1 aromatic carbocycles. The zero-order chi connectivity index (χ0) is 25.1. The summed E-state index contributed by atoms with van der Waals surface area (Å²) in [4.78, 5) is 28.2. The average Bonchev–Trinajstić information content (AvgIpc) is 3.18. The highest BCUT2D eigenvalue weighted by Gasteiger charge is 2.28. The predicted octanol–water partition coefficient (Wildman–Crippen LogP) is 5.90. The number of aromatic nitrogens is 1. The molecule has 1 amide bonds. The molecule has 0 unspecified atom stereocenters. The van der Waals surface area contributed by atoms with E-state index in [-0.39, 0.29) is 5.97 Å². The molecule has 0 aliphatic carbocycles. The van der Waals surface area contributed by atoms with Crippen LogP contribution in [0.5, 0.6) is 0 Å². The summed E-state index contributed by atoms with van der Waals surface area (Å²) >= 11 is 1.63. The molecular weight excluding hydrogens is 440 g/mol. The Hall–Kier alpha value is -2.45. The van der Waals surface area contributed by atoms with Crippen LogP contribution in [0.15, 0.2) is 29.8 Å². The van der Waals surface area contributed by atoms with Gasteiger partial charge in [-0.1, -0.05) is 37.6 Å². The van der Waals surface area contributed by atoms with Gasteiger partial charge in [-0.2, -0.15) is 0 Å². The van der Waals surface area contributed by atoms with Crippen LogP contribution in [-0.4, -0.2) is 42.0 Å². The molecule has 33 heavy (non-hydrogen) atoms. The maximum atomic E-state index is 11.6. The second kappa shape index (κ2) is 13.3. The van der Waals surface area contributed by atoms with E-state index < -0.39 is 17.3 Å². The van der Waals surface area contributed by atoms with E-state index in [1.165, 1.54) is 12.0 Å². The van der Waals surface area contributed by atoms with Crippen molar-refractivity contribution in [1.29, 1.82) is 0 Å². The lowest BCUT2D eigenvalue weighted by Crippen LogP contribution is -2.35. The van der Waals surface area contributed by atoms with Crippen molar-refractivity contribution < 1.29 is 23.8 Å². The van der Waals surface area contributed by atoms with Crippen LogP contribution in [0.4, 0.5) is 4.79 Å². The molecule has 2 rings (SSSR count). The number of aryl methyl sites for hydroxylation is 1. The lowest BCUT2D eigenvalue weighted by Gasteiger charge is -2.20. The fourth-order valence-electron chi connectivity index (χ4n) is 2.41. The van der Waals surface area contributed by atoms with E-state index >= 15 is 0 Å². The Balaban J connectivity index is 0.000000389. The summed E-state index contributed by atoms with van der Waals surface area (Å²) in [6, 6.07) is 8.11. The van der Waals surface area contributed by atoms with Crippen molar-refractivity contribution in [1.82, 2.24) is 10.3 Å². The number of thiazole rings is 1. The molecule has 7 nitrogen and oxygen atoms in total. The van der Waals surface area contributed by atoms with Gasteiger partial charge in [0.1, 0.15) is 5.60 Å². The van der Waals surface area contributed by atoms with Gasteiger partial charge in [-0.05, 0) is 59.1 Å². The number of ether oxygens (including phenoxy) is 3. The molecule has 2 aromatic rings. The van der Waals surface area contributed by atoms with Crippen LogP contribution in [0.3, 0.4) is 0 Å². The molecule has 1 heterocycles. The lowest BCUT2D eigenvalue weighted by atomic mass is 10.1. The summed E-state index contributed by atoms with van der Waals surface area (Å²) in [5.74, 6) is -0.293. The number of benzene rings is 1. The fourth-order valence-corrected chi connectivity index (χ4v) is 3.22. The van der Waals surface area contributed by atoms with Gasteiger partial charge in [-0.15, -0.1) is 11.3 Å². The highest BCUT2D eigenvalue weighted by Crippen LogP contribution is 2.27. The van der Waals surface area contributed by atoms with Gasteiger partial charge in [0.15, 0.2) is 5.60 Å². The average molecular weight is 479 g/mol. The number of hydrogen-bond acceptors (Lipinski definition) is 7. The Morgan fingerprint density at radius 3 is 2.21 bits per heavy atom. The monoisotopic (exact) mass is 478 g/mol. The van der Waals surface area contributed by atoms with E-state index in [9.17, 15) is 9.59 Å². The van der Waals surface area contributed by atoms with Crippen LogP contribution in [-0.2, 0) is 25.5 Å². The highest BCUT2D eigenvalue weighted by atomic mass is 32.1. The van der Waals surface area contributed by atoms with E-state index in [1.807, 2.05) is 57.5 Å². The molecule has 0 spiro atoms. The van der Waals surface area contributed by atoms with Crippen LogP contribution in [0.2, 0.25) is 0 Å². The molecule has 0 atom stereocenters. The maximum Gasteiger partial charge on any atom is 0.407 e. The first-order chi connectivity index (χ1) is 15.4. The molecule has 0 aliphatic rings. The number of unbranched alkanes of at least 4 members (excludes halogenated alkanes) is 1. The van der Waals surface area contributed by atoms with Crippen LogP contribution >= 0.6 is 11.3 Å². The molecule has 184 valence electrons. The zero-order valence-electron chi connectivity index (χ0n) is 21.1. The zero-order valence-corrected chi connectivity index (χ0v) is 21.9. The summed E-state index contributed by atoms with van der Waals surface area (Å²) in [6.07, 6.45) is 1.54.